The molecule has 2 atom stereocenters. The molecule has 100 valence electrons. The minimum atomic E-state index is -0.174. The molecule has 2 rings (SSSR count). The molecule has 1 aromatic carbocycles. The van der Waals surface area contributed by atoms with E-state index in [0.717, 1.165) is 12.0 Å². The highest BCUT2D eigenvalue weighted by Crippen LogP contribution is 2.13. The zero-order valence-electron chi connectivity index (χ0n) is 11.3. The molecule has 0 aliphatic rings. The van der Waals surface area contributed by atoms with E-state index in [2.05, 4.69) is 24.1 Å². The number of benzene rings is 1. The molecule has 2 aromatic rings. The summed E-state index contributed by atoms with van der Waals surface area (Å²) in [5.41, 5.74) is 2.23. The third-order valence-corrected chi connectivity index (χ3v) is 3.17. The van der Waals surface area contributed by atoms with Gasteiger partial charge in [-0.1, -0.05) is 12.1 Å². The minimum absolute atomic E-state index is 0.174. The van der Waals surface area contributed by atoms with Crippen molar-refractivity contribution in [2.75, 3.05) is 0 Å². The Bertz CT molecular complexity index is 513. The van der Waals surface area contributed by atoms with Crippen molar-refractivity contribution >= 4 is 0 Å². The van der Waals surface area contributed by atoms with Gasteiger partial charge in [-0.05, 0) is 55.7 Å². The fourth-order valence-electron chi connectivity index (χ4n) is 2.25. The lowest BCUT2D eigenvalue weighted by molar-refractivity contribution is 0.476. The van der Waals surface area contributed by atoms with Crippen LogP contribution in [0, 0.1) is 5.82 Å². The van der Waals surface area contributed by atoms with Crippen molar-refractivity contribution in [1.82, 2.24) is 10.3 Å². The molecular formula is C16H19FN2. The summed E-state index contributed by atoms with van der Waals surface area (Å²) in [6.07, 6.45) is 4.41. The van der Waals surface area contributed by atoms with Crippen molar-refractivity contribution in [3.05, 3.63) is 65.7 Å². The van der Waals surface area contributed by atoms with Crippen LogP contribution in [0.3, 0.4) is 0 Å². The number of aromatic nitrogens is 1. The Morgan fingerprint density at radius 3 is 2.58 bits per heavy atom. The molecule has 0 fully saturated rings. The van der Waals surface area contributed by atoms with Gasteiger partial charge in [-0.15, -0.1) is 0 Å². The Kier molecular flexibility index (Phi) is 4.63. The van der Waals surface area contributed by atoms with E-state index in [4.69, 9.17) is 0 Å². The summed E-state index contributed by atoms with van der Waals surface area (Å²) in [6.45, 7) is 4.24. The number of nitrogens with zero attached hydrogens (tertiary/aromatic N) is 1. The largest absolute Gasteiger partial charge is 0.307 e. The molecule has 0 saturated heterocycles. The predicted octanol–water partition coefficient (Wildman–Crippen LogP) is 3.50. The van der Waals surface area contributed by atoms with Gasteiger partial charge in [-0.3, -0.25) is 4.98 Å². The van der Waals surface area contributed by atoms with Gasteiger partial charge in [-0.2, -0.15) is 0 Å². The lowest BCUT2D eigenvalue weighted by Crippen LogP contribution is -2.30. The molecule has 2 unspecified atom stereocenters. The van der Waals surface area contributed by atoms with Gasteiger partial charge in [0.2, 0.25) is 0 Å². The number of hydrogen-bond acceptors (Lipinski definition) is 2. The molecule has 0 saturated carbocycles. The van der Waals surface area contributed by atoms with E-state index < -0.39 is 0 Å². The van der Waals surface area contributed by atoms with E-state index in [0.29, 0.717) is 0 Å². The Morgan fingerprint density at radius 1 is 1.16 bits per heavy atom. The molecule has 0 aliphatic heterocycles. The zero-order chi connectivity index (χ0) is 13.7. The number of halogens is 1. The fourth-order valence-corrected chi connectivity index (χ4v) is 2.25. The highest BCUT2D eigenvalue weighted by atomic mass is 19.1. The van der Waals surface area contributed by atoms with Gasteiger partial charge in [0.1, 0.15) is 5.82 Å². The lowest BCUT2D eigenvalue weighted by Gasteiger charge is -2.20. The summed E-state index contributed by atoms with van der Waals surface area (Å²) in [6, 6.07) is 11.3. The first-order chi connectivity index (χ1) is 9.15. The monoisotopic (exact) mass is 258 g/mol. The van der Waals surface area contributed by atoms with Crippen LogP contribution in [0.25, 0.3) is 0 Å². The highest BCUT2D eigenvalue weighted by Gasteiger charge is 2.10. The average Bonchev–Trinajstić information content (AvgIpc) is 2.39. The third-order valence-electron chi connectivity index (χ3n) is 3.17. The van der Waals surface area contributed by atoms with Crippen LogP contribution in [0.5, 0.6) is 0 Å². The zero-order valence-corrected chi connectivity index (χ0v) is 11.3. The SMILES string of the molecule is CC(Cc1cccc(F)c1)NC(C)c1ccncc1. The van der Waals surface area contributed by atoms with Crippen molar-refractivity contribution < 1.29 is 4.39 Å². The molecule has 1 aromatic heterocycles. The number of rotatable bonds is 5. The minimum Gasteiger partial charge on any atom is -0.307 e. The van der Waals surface area contributed by atoms with E-state index in [-0.39, 0.29) is 17.9 Å². The van der Waals surface area contributed by atoms with Gasteiger partial charge in [0.05, 0.1) is 0 Å². The van der Waals surface area contributed by atoms with Crippen LogP contribution < -0.4 is 5.32 Å². The summed E-state index contributed by atoms with van der Waals surface area (Å²) in [5.74, 6) is -0.174. The van der Waals surface area contributed by atoms with Crippen LogP contribution in [0.4, 0.5) is 4.39 Å². The molecular weight excluding hydrogens is 239 g/mol. The van der Waals surface area contributed by atoms with Crippen molar-refractivity contribution in [3.8, 4) is 0 Å². The molecule has 0 aliphatic carbocycles. The van der Waals surface area contributed by atoms with E-state index in [1.807, 2.05) is 18.2 Å². The third kappa shape index (κ3) is 4.14. The highest BCUT2D eigenvalue weighted by molar-refractivity contribution is 5.18. The second kappa shape index (κ2) is 6.43. The number of nitrogens with one attached hydrogen (secondary N) is 1. The summed E-state index contributed by atoms with van der Waals surface area (Å²) >= 11 is 0. The molecule has 0 amide bonds. The Morgan fingerprint density at radius 2 is 1.89 bits per heavy atom. The maximum absolute atomic E-state index is 13.1. The first-order valence-electron chi connectivity index (χ1n) is 6.55. The van der Waals surface area contributed by atoms with Crippen molar-refractivity contribution in [1.29, 1.82) is 0 Å². The Hall–Kier alpha value is -1.74. The van der Waals surface area contributed by atoms with Crippen LogP contribution in [-0.2, 0) is 6.42 Å². The Balaban J connectivity index is 1.92. The molecule has 19 heavy (non-hydrogen) atoms. The van der Waals surface area contributed by atoms with Gasteiger partial charge < -0.3 is 5.32 Å². The maximum atomic E-state index is 13.1. The molecule has 1 N–H and O–H groups in total. The average molecular weight is 258 g/mol. The Labute approximate surface area is 113 Å². The quantitative estimate of drug-likeness (QED) is 0.887. The first-order valence-corrected chi connectivity index (χ1v) is 6.55. The van der Waals surface area contributed by atoms with E-state index in [1.165, 1.54) is 11.6 Å². The van der Waals surface area contributed by atoms with E-state index in [1.54, 1.807) is 24.5 Å². The molecule has 0 bridgehead atoms. The van der Waals surface area contributed by atoms with Crippen LogP contribution in [0.2, 0.25) is 0 Å². The van der Waals surface area contributed by atoms with Gasteiger partial charge >= 0.3 is 0 Å². The van der Waals surface area contributed by atoms with Gasteiger partial charge in [0.25, 0.3) is 0 Å². The smallest absolute Gasteiger partial charge is 0.123 e. The number of pyridine rings is 1. The second-order valence-electron chi connectivity index (χ2n) is 4.90. The van der Waals surface area contributed by atoms with Gasteiger partial charge in [0, 0.05) is 24.5 Å². The molecule has 0 radical (unpaired) electrons. The summed E-state index contributed by atoms with van der Waals surface area (Å²) in [4.78, 5) is 4.01. The first kappa shape index (κ1) is 13.7. The van der Waals surface area contributed by atoms with Gasteiger partial charge in [-0.25, -0.2) is 4.39 Å². The molecule has 1 heterocycles. The van der Waals surface area contributed by atoms with Crippen LogP contribution >= 0.6 is 0 Å². The van der Waals surface area contributed by atoms with Crippen molar-refractivity contribution in [3.63, 3.8) is 0 Å². The predicted molar refractivity (Wildman–Crippen MR) is 75.4 cm³/mol. The molecule has 2 nitrogen and oxygen atoms in total. The van der Waals surface area contributed by atoms with Crippen LogP contribution in [0.1, 0.15) is 31.0 Å². The van der Waals surface area contributed by atoms with Crippen molar-refractivity contribution in [2.45, 2.75) is 32.4 Å². The van der Waals surface area contributed by atoms with Crippen molar-refractivity contribution in [2.24, 2.45) is 0 Å². The maximum Gasteiger partial charge on any atom is 0.123 e. The summed E-state index contributed by atoms with van der Waals surface area (Å²) in [5, 5.41) is 3.51. The second-order valence-corrected chi connectivity index (χ2v) is 4.90. The normalized spacial score (nSPS) is 14.1. The van der Waals surface area contributed by atoms with Gasteiger partial charge in [0.15, 0.2) is 0 Å². The van der Waals surface area contributed by atoms with Crippen LogP contribution in [0.15, 0.2) is 48.8 Å². The standard InChI is InChI=1S/C16H19FN2/c1-12(10-14-4-3-5-16(17)11-14)19-13(2)15-6-8-18-9-7-15/h3-9,11-13,19H,10H2,1-2H3. The fraction of sp³-hybridized carbons (Fsp3) is 0.312. The summed E-state index contributed by atoms with van der Waals surface area (Å²) in [7, 11) is 0. The summed E-state index contributed by atoms with van der Waals surface area (Å²) < 4.78 is 13.1. The van der Waals surface area contributed by atoms with E-state index >= 15 is 0 Å². The topological polar surface area (TPSA) is 24.9 Å². The lowest BCUT2D eigenvalue weighted by atomic mass is 10.0. The molecule has 3 heteroatoms. The number of hydrogen-bond donors (Lipinski definition) is 1. The van der Waals surface area contributed by atoms with E-state index in [9.17, 15) is 4.39 Å². The van der Waals surface area contributed by atoms with Crippen LogP contribution in [-0.4, -0.2) is 11.0 Å². The molecule has 0 spiro atoms.